The zero-order valence-corrected chi connectivity index (χ0v) is 16.2. The molecule has 1 aromatic heterocycles. The molecule has 1 aliphatic rings. The molecule has 140 valence electrons. The van der Waals surface area contributed by atoms with E-state index in [0.29, 0.717) is 6.54 Å². The predicted octanol–water partition coefficient (Wildman–Crippen LogP) is 3.72. The summed E-state index contributed by atoms with van der Waals surface area (Å²) in [5.74, 6) is 1.43. The van der Waals surface area contributed by atoms with Crippen molar-refractivity contribution in [1.82, 2.24) is 10.2 Å². The highest BCUT2D eigenvalue weighted by atomic mass is 32.1. The summed E-state index contributed by atoms with van der Waals surface area (Å²) < 4.78 is 10.8. The Balaban J connectivity index is 1.79. The van der Waals surface area contributed by atoms with E-state index in [4.69, 9.17) is 9.47 Å². The van der Waals surface area contributed by atoms with E-state index in [2.05, 4.69) is 16.3 Å². The van der Waals surface area contributed by atoms with Gasteiger partial charge in [-0.05, 0) is 55.1 Å². The molecule has 1 aromatic carbocycles. The normalized spacial score (nSPS) is 16.1. The molecule has 0 aliphatic carbocycles. The first kappa shape index (κ1) is 18.7. The highest BCUT2D eigenvalue weighted by Crippen LogP contribution is 2.32. The number of nitrogens with zero attached hydrogens (tertiary/aromatic N) is 1. The van der Waals surface area contributed by atoms with Gasteiger partial charge in [-0.2, -0.15) is 0 Å². The lowest BCUT2D eigenvalue weighted by Gasteiger charge is -2.35. The van der Waals surface area contributed by atoms with Gasteiger partial charge in [0.05, 0.1) is 25.1 Å². The van der Waals surface area contributed by atoms with E-state index in [-0.39, 0.29) is 11.9 Å². The number of amides is 1. The van der Waals surface area contributed by atoms with E-state index in [1.807, 2.05) is 29.6 Å². The third-order valence-electron chi connectivity index (χ3n) is 4.82. The second-order valence-corrected chi connectivity index (χ2v) is 7.36. The van der Waals surface area contributed by atoms with Crippen LogP contribution < -0.4 is 14.8 Å². The van der Waals surface area contributed by atoms with Crippen molar-refractivity contribution in [2.24, 2.45) is 0 Å². The van der Waals surface area contributed by atoms with E-state index in [1.165, 1.54) is 30.6 Å². The molecule has 6 heteroatoms. The summed E-state index contributed by atoms with van der Waals surface area (Å²) in [6.45, 7) is 2.67. The Morgan fingerprint density at radius 1 is 1.15 bits per heavy atom. The van der Waals surface area contributed by atoms with Crippen molar-refractivity contribution in [1.29, 1.82) is 0 Å². The molecule has 26 heavy (non-hydrogen) atoms. The van der Waals surface area contributed by atoms with Gasteiger partial charge in [0.15, 0.2) is 11.5 Å². The lowest BCUT2D eigenvalue weighted by molar-refractivity contribution is 0.0928. The molecule has 2 heterocycles. The maximum atomic E-state index is 12.4. The summed E-state index contributed by atoms with van der Waals surface area (Å²) in [4.78, 5) is 15.6. The summed E-state index contributed by atoms with van der Waals surface area (Å²) in [6.07, 6.45) is 3.67. The fourth-order valence-corrected chi connectivity index (χ4v) is 4.07. The van der Waals surface area contributed by atoms with Crippen LogP contribution in [0, 0.1) is 0 Å². The van der Waals surface area contributed by atoms with Gasteiger partial charge in [0.1, 0.15) is 0 Å². The molecule has 1 saturated heterocycles. The summed E-state index contributed by atoms with van der Waals surface area (Å²) in [5, 5.41) is 5.03. The van der Waals surface area contributed by atoms with Crippen molar-refractivity contribution in [2.45, 2.75) is 25.3 Å². The summed E-state index contributed by atoms with van der Waals surface area (Å²) in [7, 11) is 3.29. The highest BCUT2D eigenvalue weighted by molar-refractivity contribution is 7.12. The number of carbonyl (C=O) groups excluding carboxylic acids is 1. The Hall–Kier alpha value is -2.05. The Kier molecular flexibility index (Phi) is 6.52. The first-order valence-corrected chi connectivity index (χ1v) is 9.88. The van der Waals surface area contributed by atoms with Crippen molar-refractivity contribution in [3.8, 4) is 11.5 Å². The van der Waals surface area contributed by atoms with Crippen molar-refractivity contribution < 1.29 is 14.3 Å². The fourth-order valence-electron chi connectivity index (χ4n) is 3.43. The van der Waals surface area contributed by atoms with Crippen LogP contribution in [0.25, 0.3) is 0 Å². The van der Waals surface area contributed by atoms with Crippen LogP contribution in [0.2, 0.25) is 0 Å². The van der Waals surface area contributed by atoms with E-state index in [1.54, 1.807) is 14.2 Å². The van der Waals surface area contributed by atoms with E-state index in [9.17, 15) is 4.79 Å². The van der Waals surface area contributed by atoms with Gasteiger partial charge >= 0.3 is 0 Å². The monoisotopic (exact) mass is 374 g/mol. The first-order valence-electron chi connectivity index (χ1n) is 9.00. The molecular formula is C20H26N2O3S. The molecule has 1 amide bonds. The molecule has 1 unspecified atom stereocenters. The van der Waals surface area contributed by atoms with Crippen molar-refractivity contribution in [2.75, 3.05) is 33.9 Å². The van der Waals surface area contributed by atoms with Crippen LogP contribution in [0.3, 0.4) is 0 Å². The number of methoxy groups -OCH3 is 2. The van der Waals surface area contributed by atoms with E-state index < -0.39 is 0 Å². The summed E-state index contributed by atoms with van der Waals surface area (Å²) >= 11 is 1.46. The van der Waals surface area contributed by atoms with Gasteiger partial charge in [-0.1, -0.05) is 18.6 Å². The average molecular weight is 375 g/mol. The number of hydrogen-bond acceptors (Lipinski definition) is 5. The zero-order chi connectivity index (χ0) is 18.4. The number of benzene rings is 1. The number of piperidine rings is 1. The van der Waals surface area contributed by atoms with Crippen LogP contribution in [0.15, 0.2) is 35.7 Å². The van der Waals surface area contributed by atoms with Crippen LogP contribution in [0.5, 0.6) is 11.5 Å². The van der Waals surface area contributed by atoms with Gasteiger partial charge in [0.2, 0.25) is 0 Å². The maximum Gasteiger partial charge on any atom is 0.261 e. The van der Waals surface area contributed by atoms with Crippen LogP contribution in [0.4, 0.5) is 0 Å². The second-order valence-electron chi connectivity index (χ2n) is 6.41. The van der Waals surface area contributed by atoms with Crippen molar-refractivity contribution in [3.05, 3.63) is 46.2 Å². The molecule has 2 aromatic rings. The average Bonchev–Trinajstić information content (AvgIpc) is 3.23. The number of rotatable bonds is 7. The van der Waals surface area contributed by atoms with Gasteiger partial charge in [-0.15, -0.1) is 11.3 Å². The lowest BCUT2D eigenvalue weighted by atomic mass is 10.0. The Bertz CT molecular complexity index is 712. The molecule has 0 radical (unpaired) electrons. The number of thiophene rings is 1. The number of hydrogen-bond donors (Lipinski definition) is 1. The Labute approximate surface area is 158 Å². The van der Waals surface area contributed by atoms with Gasteiger partial charge in [0.25, 0.3) is 5.91 Å². The summed E-state index contributed by atoms with van der Waals surface area (Å²) in [6, 6.07) is 9.90. The van der Waals surface area contributed by atoms with Gasteiger partial charge < -0.3 is 14.8 Å². The molecule has 1 atom stereocenters. The lowest BCUT2D eigenvalue weighted by Crippen LogP contribution is -2.40. The van der Waals surface area contributed by atoms with Crippen molar-refractivity contribution in [3.63, 3.8) is 0 Å². The number of likely N-dealkylation sites (tertiary alicyclic amines) is 1. The Morgan fingerprint density at radius 2 is 1.92 bits per heavy atom. The summed E-state index contributed by atoms with van der Waals surface area (Å²) in [5.41, 5.74) is 1.14. The number of ether oxygens (including phenoxy) is 2. The van der Waals surface area contributed by atoms with Gasteiger partial charge in [-0.25, -0.2) is 0 Å². The minimum Gasteiger partial charge on any atom is -0.493 e. The van der Waals surface area contributed by atoms with Gasteiger partial charge in [-0.3, -0.25) is 9.69 Å². The third-order valence-corrected chi connectivity index (χ3v) is 5.69. The van der Waals surface area contributed by atoms with Gasteiger partial charge in [0, 0.05) is 6.54 Å². The predicted molar refractivity (Wildman–Crippen MR) is 104 cm³/mol. The van der Waals surface area contributed by atoms with Crippen LogP contribution >= 0.6 is 11.3 Å². The number of carbonyl (C=O) groups is 1. The van der Waals surface area contributed by atoms with Crippen LogP contribution in [0.1, 0.15) is 40.5 Å². The SMILES string of the molecule is COc1ccc(C(CNC(=O)c2cccs2)N2CCCCC2)cc1OC. The molecule has 1 aliphatic heterocycles. The number of nitrogens with one attached hydrogen (secondary N) is 1. The van der Waals surface area contributed by atoms with E-state index >= 15 is 0 Å². The molecule has 0 bridgehead atoms. The zero-order valence-electron chi connectivity index (χ0n) is 15.4. The standard InChI is InChI=1S/C20H26N2O3S/c1-24-17-9-8-15(13-18(17)25-2)16(22-10-4-3-5-11-22)14-21-20(23)19-7-6-12-26-19/h6-9,12-13,16H,3-5,10-11,14H2,1-2H3,(H,21,23). The quantitative estimate of drug-likeness (QED) is 0.802. The smallest absolute Gasteiger partial charge is 0.261 e. The van der Waals surface area contributed by atoms with Crippen molar-refractivity contribution >= 4 is 17.2 Å². The minimum atomic E-state index is -0.0116. The maximum absolute atomic E-state index is 12.4. The topological polar surface area (TPSA) is 50.8 Å². The van der Waals surface area contributed by atoms with E-state index in [0.717, 1.165) is 35.0 Å². The highest BCUT2D eigenvalue weighted by Gasteiger charge is 2.24. The fraction of sp³-hybridized carbons (Fsp3) is 0.450. The minimum absolute atomic E-state index is 0.0116. The molecule has 1 N–H and O–H groups in total. The Morgan fingerprint density at radius 3 is 2.58 bits per heavy atom. The molecule has 5 nitrogen and oxygen atoms in total. The second kappa shape index (κ2) is 9.05. The first-order chi connectivity index (χ1) is 12.7. The third kappa shape index (κ3) is 4.37. The molecular weight excluding hydrogens is 348 g/mol. The largest absolute Gasteiger partial charge is 0.493 e. The molecule has 3 rings (SSSR count). The van der Waals surface area contributed by atoms with Crippen LogP contribution in [-0.2, 0) is 0 Å². The molecule has 0 spiro atoms. The van der Waals surface area contributed by atoms with Crippen LogP contribution in [-0.4, -0.2) is 44.7 Å². The molecule has 1 fully saturated rings. The molecule has 0 saturated carbocycles.